The number of piperidine rings is 1. The number of nitrogens with zero attached hydrogens (tertiary/aromatic N) is 3. The molecule has 2 aliphatic rings. The number of methoxy groups -OCH3 is 1. The molecule has 1 N–H and O–H groups in total. The van der Waals surface area contributed by atoms with Gasteiger partial charge < -0.3 is 19.5 Å². The van der Waals surface area contributed by atoms with E-state index in [-0.39, 0.29) is 29.3 Å². The van der Waals surface area contributed by atoms with Gasteiger partial charge in [0.1, 0.15) is 0 Å². The topological polar surface area (TPSA) is 76.5 Å². The van der Waals surface area contributed by atoms with Gasteiger partial charge in [-0.25, -0.2) is 0 Å². The van der Waals surface area contributed by atoms with Crippen LogP contribution in [0.2, 0.25) is 0 Å². The molecule has 0 radical (unpaired) electrons. The average molecular weight is 515 g/mol. The predicted octanol–water partition coefficient (Wildman–Crippen LogP) is 3.91. The Kier molecular flexibility index (Phi) is 8.35. The maximum atomic E-state index is 14.1. The van der Waals surface area contributed by atoms with Crippen molar-refractivity contribution in [2.24, 2.45) is 13.0 Å². The van der Waals surface area contributed by atoms with Crippen LogP contribution in [-0.2, 0) is 29.5 Å². The molecule has 5 rings (SSSR count). The Labute approximate surface area is 224 Å². The van der Waals surface area contributed by atoms with Crippen LogP contribution in [-0.4, -0.2) is 53.2 Å². The summed E-state index contributed by atoms with van der Waals surface area (Å²) in [6.07, 6.45) is 10.3. The minimum absolute atomic E-state index is 0.0282. The fraction of sp³-hybridized carbons (Fsp3) is 0.452. The van der Waals surface area contributed by atoms with E-state index in [4.69, 9.17) is 4.74 Å². The van der Waals surface area contributed by atoms with Gasteiger partial charge in [-0.2, -0.15) is 0 Å². The largest absolute Gasteiger partial charge is 0.385 e. The van der Waals surface area contributed by atoms with Crippen LogP contribution in [0.4, 0.5) is 0 Å². The van der Waals surface area contributed by atoms with E-state index in [1.165, 1.54) is 5.56 Å². The highest BCUT2D eigenvalue weighted by molar-refractivity contribution is 5.81. The minimum Gasteiger partial charge on any atom is -0.385 e. The second-order valence-electron chi connectivity index (χ2n) is 10.7. The Morgan fingerprint density at radius 1 is 1.13 bits per heavy atom. The molecule has 1 aliphatic heterocycles. The van der Waals surface area contributed by atoms with E-state index in [1.807, 2.05) is 24.5 Å². The summed E-state index contributed by atoms with van der Waals surface area (Å²) in [7, 11) is 3.49. The number of nitrogens with one attached hydrogen (secondary N) is 1. The monoisotopic (exact) mass is 514 g/mol. The molecule has 3 aromatic rings. The summed E-state index contributed by atoms with van der Waals surface area (Å²) in [6, 6.07) is 14.7. The van der Waals surface area contributed by atoms with Crippen LogP contribution in [0.25, 0.3) is 11.1 Å². The Morgan fingerprint density at radius 2 is 1.97 bits per heavy atom. The van der Waals surface area contributed by atoms with Crippen molar-refractivity contribution in [3.63, 3.8) is 0 Å². The number of benzene rings is 1. The number of aryl methyl sites for hydroxylation is 2. The molecule has 3 heterocycles. The van der Waals surface area contributed by atoms with Gasteiger partial charge in [0.15, 0.2) is 0 Å². The molecule has 0 bridgehead atoms. The number of hydrogen-bond acceptors (Lipinski definition) is 5. The second-order valence-corrected chi connectivity index (χ2v) is 10.7. The number of amides is 1. The van der Waals surface area contributed by atoms with Gasteiger partial charge in [-0.15, -0.1) is 0 Å². The van der Waals surface area contributed by atoms with Crippen molar-refractivity contribution in [3.05, 3.63) is 88.1 Å². The van der Waals surface area contributed by atoms with E-state index < -0.39 is 0 Å². The van der Waals surface area contributed by atoms with Crippen LogP contribution in [0.3, 0.4) is 0 Å². The summed E-state index contributed by atoms with van der Waals surface area (Å²) in [5, 5.41) is 3.44. The smallest absolute Gasteiger partial charge is 0.250 e. The average Bonchev–Trinajstić information content (AvgIpc) is 3.79. The lowest BCUT2D eigenvalue weighted by Crippen LogP contribution is -2.47. The zero-order chi connectivity index (χ0) is 26.5. The molecule has 1 amide bonds. The summed E-state index contributed by atoms with van der Waals surface area (Å²) < 4.78 is 6.86. The highest BCUT2D eigenvalue weighted by Gasteiger charge is 2.40. The maximum Gasteiger partial charge on any atom is 0.250 e. The number of aromatic nitrogens is 2. The number of ether oxygens (including phenoxy) is 1. The van der Waals surface area contributed by atoms with Crippen LogP contribution in [0.15, 0.2) is 65.8 Å². The van der Waals surface area contributed by atoms with E-state index in [0.29, 0.717) is 13.1 Å². The minimum atomic E-state index is -0.181. The first kappa shape index (κ1) is 26.3. The van der Waals surface area contributed by atoms with Gasteiger partial charge in [-0.3, -0.25) is 14.6 Å². The molecule has 1 aliphatic carbocycles. The fourth-order valence-electron chi connectivity index (χ4n) is 5.61. The quantitative estimate of drug-likeness (QED) is 0.415. The third kappa shape index (κ3) is 6.22. The van der Waals surface area contributed by atoms with E-state index in [1.54, 1.807) is 31.0 Å². The van der Waals surface area contributed by atoms with Crippen molar-refractivity contribution < 1.29 is 9.53 Å². The first-order valence-electron chi connectivity index (χ1n) is 13.7. The van der Waals surface area contributed by atoms with E-state index in [9.17, 15) is 9.59 Å². The molecule has 38 heavy (non-hydrogen) atoms. The first-order valence-corrected chi connectivity index (χ1v) is 13.7. The lowest BCUT2D eigenvalue weighted by Gasteiger charge is -2.36. The van der Waals surface area contributed by atoms with Crippen molar-refractivity contribution >= 4 is 5.91 Å². The number of pyridine rings is 2. The molecule has 7 heteroatoms. The number of rotatable bonds is 10. The third-order valence-corrected chi connectivity index (χ3v) is 7.84. The summed E-state index contributed by atoms with van der Waals surface area (Å²) in [5.74, 6) is 0.0578. The highest BCUT2D eigenvalue weighted by atomic mass is 16.5. The van der Waals surface area contributed by atoms with Gasteiger partial charge in [0.2, 0.25) is 5.91 Å². The molecule has 0 spiro atoms. The molecule has 200 valence electrons. The molecule has 1 aromatic carbocycles. The summed E-state index contributed by atoms with van der Waals surface area (Å²) in [4.78, 5) is 32.9. The molecule has 2 aromatic heterocycles. The van der Waals surface area contributed by atoms with E-state index in [2.05, 4.69) is 39.5 Å². The Balaban J connectivity index is 1.42. The summed E-state index contributed by atoms with van der Waals surface area (Å²) in [5.41, 5.74) is 5.55. The molecule has 1 saturated carbocycles. The lowest BCUT2D eigenvalue weighted by atomic mass is 9.80. The Morgan fingerprint density at radius 3 is 2.71 bits per heavy atom. The van der Waals surface area contributed by atoms with Gasteiger partial charge in [-0.05, 0) is 85.0 Å². The van der Waals surface area contributed by atoms with Gasteiger partial charge in [-0.1, -0.05) is 18.2 Å². The zero-order valence-corrected chi connectivity index (χ0v) is 22.4. The van der Waals surface area contributed by atoms with Gasteiger partial charge in [0.25, 0.3) is 5.56 Å². The lowest BCUT2D eigenvalue weighted by molar-refractivity contribution is -0.138. The summed E-state index contributed by atoms with van der Waals surface area (Å²) >= 11 is 0. The van der Waals surface area contributed by atoms with Crippen LogP contribution in [0, 0.1) is 5.92 Å². The molecular formula is C31H38N4O3. The summed E-state index contributed by atoms with van der Waals surface area (Å²) in [6.45, 7) is 2.80. The maximum absolute atomic E-state index is 14.1. The van der Waals surface area contributed by atoms with Crippen LogP contribution >= 0.6 is 0 Å². The second kappa shape index (κ2) is 12.0. The van der Waals surface area contributed by atoms with Crippen molar-refractivity contribution in [1.82, 2.24) is 19.8 Å². The van der Waals surface area contributed by atoms with Gasteiger partial charge >= 0.3 is 0 Å². The Bertz CT molecular complexity index is 1300. The number of carbonyl (C=O) groups is 1. The number of hydrogen-bond donors (Lipinski definition) is 1. The van der Waals surface area contributed by atoms with Crippen LogP contribution in [0.5, 0.6) is 0 Å². The predicted molar refractivity (Wildman–Crippen MR) is 149 cm³/mol. The van der Waals surface area contributed by atoms with Crippen molar-refractivity contribution in [1.29, 1.82) is 0 Å². The highest BCUT2D eigenvalue weighted by Crippen LogP contribution is 2.36. The zero-order valence-electron chi connectivity index (χ0n) is 22.4. The van der Waals surface area contributed by atoms with E-state index >= 15 is 0 Å². The molecule has 7 nitrogen and oxygen atoms in total. The van der Waals surface area contributed by atoms with Crippen LogP contribution < -0.4 is 10.9 Å². The van der Waals surface area contributed by atoms with Crippen molar-refractivity contribution in [2.75, 3.05) is 26.8 Å². The van der Waals surface area contributed by atoms with Crippen molar-refractivity contribution in [3.8, 4) is 11.1 Å². The first-order chi connectivity index (χ1) is 18.5. The van der Waals surface area contributed by atoms with Crippen molar-refractivity contribution in [2.45, 2.75) is 50.6 Å². The number of carbonyl (C=O) groups excluding carboxylic acids is 1. The normalized spacial score (nSPS) is 19.3. The molecule has 2 fully saturated rings. The van der Waals surface area contributed by atoms with Gasteiger partial charge in [0.05, 0.1) is 5.92 Å². The molecule has 1 saturated heterocycles. The Hall–Kier alpha value is -3.29. The standard InChI is InChI=1S/C31H38N4O3/c1-34-13-10-24(18-30(34)36)28-9-12-33-20-29(28)31(37)35(27-7-8-27)21-23-15-22(5-4-14-38-2)16-26(17-23)25-6-3-11-32-19-25/h3,6,10-11,13,15-19,27-29,33H,4-5,7-9,12,14,20-21H2,1-2H3/t28?,29-/m0/s1. The van der Waals surface area contributed by atoms with E-state index in [0.717, 1.165) is 67.5 Å². The molecule has 2 atom stereocenters. The SMILES string of the molecule is COCCCc1cc(CN(C(=O)[C@H]2CNCCC2c2ccn(C)c(=O)c2)C2CC2)cc(-c2cccnc2)c1. The van der Waals surface area contributed by atoms with Gasteiger partial charge in [0, 0.05) is 70.1 Å². The molecule has 1 unspecified atom stereocenters. The third-order valence-electron chi connectivity index (χ3n) is 7.84. The fourth-order valence-corrected chi connectivity index (χ4v) is 5.61. The van der Waals surface area contributed by atoms with Crippen LogP contribution in [0.1, 0.15) is 48.3 Å². The molecular weight excluding hydrogens is 476 g/mol.